The first-order chi connectivity index (χ1) is 9.35. The van der Waals surface area contributed by atoms with Crippen LogP contribution in [0.1, 0.15) is 30.1 Å². The summed E-state index contributed by atoms with van der Waals surface area (Å²) in [5, 5.41) is 0. The van der Waals surface area contributed by atoms with E-state index >= 15 is 0 Å². The van der Waals surface area contributed by atoms with Crippen molar-refractivity contribution in [2.45, 2.75) is 19.4 Å². The lowest BCUT2D eigenvalue weighted by atomic mass is 10.1. The molecule has 0 aliphatic rings. The molecule has 2 N–H and O–H groups in total. The third kappa shape index (κ3) is 3.59. The first kappa shape index (κ1) is 13.6. The van der Waals surface area contributed by atoms with Gasteiger partial charge in [0.25, 0.3) is 0 Å². The van der Waals surface area contributed by atoms with E-state index in [0.29, 0.717) is 19.0 Å². The number of ether oxygens (including phenoxy) is 1. The largest absolute Gasteiger partial charge is 0.366 e. The second-order valence-corrected chi connectivity index (χ2v) is 4.19. The van der Waals surface area contributed by atoms with Crippen LogP contribution in [0.2, 0.25) is 0 Å². The van der Waals surface area contributed by atoms with Crippen molar-refractivity contribution in [2.75, 3.05) is 13.2 Å². The molecule has 0 fully saturated rings. The zero-order chi connectivity index (χ0) is 13.5. The van der Waals surface area contributed by atoms with Gasteiger partial charge in [0.05, 0.1) is 0 Å². The highest BCUT2D eigenvalue weighted by atomic mass is 16.5. The van der Waals surface area contributed by atoms with Gasteiger partial charge in [-0.3, -0.25) is 0 Å². The Bertz CT molecular complexity index is 502. The Labute approximate surface area is 113 Å². The monoisotopic (exact) mass is 257 g/mol. The number of rotatable bonds is 6. The zero-order valence-corrected chi connectivity index (χ0v) is 11.1. The van der Waals surface area contributed by atoms with E-state index < -0.39 is 0 Å². The molecule has 2 aromatic rings. The SMILES string of the molecule is CCOC(c1ccccc1)c1nccc(CCN)n1. The van der Waals surface area contributed by atoms with E-state index in [2.05, 4.69) is 9.97 Å². The van der Waals surface area contributed by atoms with Crippen molar-refractivity contribution >= 4 is 0 Å². The van der Waals surface area contributed by atoms with Crippen molar-refractivity contribution in [1.82, 2.24) is 9.97 Å². The van der Waals surface area contributed by atoms with E-state index in [9.17, 15) is 0 Å². The fourth-order valence-electron chi connectivity index (χ4n) is 1.94. The summed E-state index contributed by atoms with van der Waals surface area (Å²) in [5.74, 6) is 0.694. The van der Waals surface area contributed by atoms with E-state index in [-0.39, 0.29) is 6.10 Å². The number of nitrogens with zero attached hydrogens (tertiary/aromatic N) is 2. The maximum Gasteiger partial charge on any atom is 0.162 e. The summed E-state index contributed by atoms with van der Waals surface area (Å²) in [6, 6.07) is 11.9. The lowest BCUT2D eigenvalue weighted by molar-refractivity contribution is 0.0849. The van der Waals surface area contributed by atoms with Crippen molar-refractivity contribution < 1.29 is 4.74 Å². The van der Waals surface area contributed by atoms with E-state index in [0.717, 1.165) is 17.7 Å². The molecule has 1 heterocycles. The molecule has 1 aromatic heterocycles. The summed E-state index contributed by atoms with van der Waals surface area (Å²) in [6.45, 7) is 3.17. The third-order valence-electron chi connectivity index (χ3n) is 2.80. The molecule has 0 saturated carbocycles. The molecule has 1 unspecified atom stereocenters. The van der Waals surface area contributed by atoms with Crippen LogP contribution in [0.5, 0.6) is 0 Å². The van der Waals surface area contributed by atoms with Crippen molar-refractivity contribution in [1.29, 1.82) is 0 Å². The molecule has 0 radical (unpaired) electrons. The predicted molar refractivity (Wildman–Crippen MR) is 74.7 cm³/mol. The van der Waals surface area contributed by atoms with Gasteiger partial charge in [0.2, 0.25) is 0 Å². The number of hydrogen-bond donors (Lipinski definition) is 1. The van der Waals surface area contributed by atoms with Crippen LogP contribution < -0.4 is 5.73 Å². The van der Waals surface area contributed by atoms with Crippen LogP contribution in [0.3, 0.4) is 0 Å². The van der Waals surface area contributed by atoms with Gasteiger partial charge in [-0.1, -0.05) is 30.3 Å². The summed E-state index contributed by atoms with van der Waals surface area (Å²) in [7, 11) is 0. The maximum atomic E-state index is 5.79. The van der Waals surface area contributed by atoms with E-state index in [4.69, 9.17) is 10.5 Å². The van der Waals surface area contributed by atoms with Crippen LogP contribution in [-0.2, 0) is 11.2 Å². The van der Waals surface area contributed by atoms with Gasteiger partial charge in [0, 0.05) is 24.9 Å². The fraction of sp³-hybridized carbons (Fsp3) is 0.333. The number of hydrogen-bond acceptors (Lipinski definition) is 4. The van der Waals surface area contributed by atoms with Gasteiger partial charge in [0.15, 0.2) is 5.82 Å². The highest BCUT2D eigenvalue weighted by molar-refractivity contribution is 5.23. The molecule has 0 spiro atoms. The van der Waals surface area contributed by atoms with Gasteiger partial charge in [-0.25, -0.2) is 9.97 Å². The Balaban J connectivity index is 2.31. The first-order valence-corrected chi connectivity index (χ1v) is 6.53. The van der Waals surface area contributed by atoms with Crippen LogP contribution in [0, 0.1) is 0 Å². The summed E-state index contributed by atoms with van der Waals surface area (Å²) >= 11 is 0. The van der Waals surface area contributed by atoms with Crippen molar-refractivity contribution in [3.8, 4) is 0 Å². The molecular formula is C15H19N3O. The molecule has 1 atom stereocenters. The summed E-state index contributed by atoms with van der Waals surface area (Å²) < 4.78 is 5.79. The van der Waals surface area contributed by atoms with Crippen molar-refractivity contribution in [2.24, 2.45) is 5.73 Å². The van der Waals surface area contributed by atoms with Gasteiger partial charge in [-0.05, 0) is 25.1 Å². The molecule has 100 valence electrons. The molecule has 0 saturated heterocycles. The minimum absolute atomic E-state index is 0.219. The Hall–Kier alpha value is -1.78. The molecule has 0 amide bonds. The van der Waals surface area contributed by atoms with Gasteiger partial charge in [-0.2, -0.15) is 0 Å². The fourth-order valence-corrected chi connectivity index (χ4v) is 1.94. The molecule has 0 bridgehead atoms. The summed E-state index contributed by atoms with van der Waals surface area (Å²) in [6.07, 6.45) is 2.30. The Kier molecular flexibility index (Phi) is 5.01. The average Bonchev–Trinajstić information content (AvgIpc) is 2.46. The van der Waals surface area contributed by atoms with E-state index in [1.54, 1.807) is 6.20 Å². The minimum atomic E-state index is -0.219. The normalized spacial score (nSPS) is 12.3. The predicted octanol–water partition coefficient (Wildman–Crippen LogP) is 2.10. The Morgan fingerprint density at radius 1 is 1.21 bits per heavy atom. The van der Waals surface area contributed by atoms with E-state index in [1.807, 2.05) is 43.3 Å². The van der Waals surface area contributed by atoms with Gasteiger partial charge >= 0.3 is 0 Å². The lowest BCUT2D eigenvalue weighted by Gasteiger charge is -2.16. The van der Waals surface area contributed by atoms with Gasteiger partial charge in [0.1, 0.15) is 6.10 Å². The molecule has 1 aromatic carbocycles. The van der Waals surface area contributed by atoms with Crippen LogP contribution in [-0.4, -0.2) is 23.1 Å². The lowest BCUT2D eigenvalue weighted by Crippen LogP contribution is -2.12. The molecule has 4 nitrogen and oxygen atoms in total. The summed E-state index contributed by atoms with van der Waals surface area (Å²) in [5.41, 5.74) is 7.58. The van der Waals surface area contributed by atoms with Crippen LogP contribution >= 0.6 is 0 Å². The van der Waals surface area contributed by atoms with Crippen molar-refractivity contribution in [3.63, 3.8) is 0 Å². The van der Waals surface area contributed by atoms with E-state index in [1.165, 1.54) is 0 Å². The zero-order valence-electron chi connectivity index (χ0n) is 11.1. The first-order valence-electron chi connectivity index (χ1n) is 6.53. The number of benzene rings is 1. The maximum absolute atomic E-state index is 5.79. The second-order valence-electron chi connectivity index (χ2n) is 4.19. The highest BCUT2D eigenvalue weighted by Crippen LogP contribution is 2.22. The Morgan fingerprint density at radius 3 is 2.68 bits per heavy atom. The standard InChI is InChI=1S/C15H19N3O/c1-2-19-14(12-6-4-3-5-7-12)15-17-11-9-13(18-15)8-10-16/h3-7,9,11,14H,2,8,10,16H2,1H3. The second kappa shape index (κ2) is 6.97. The highest BCUT2D eigenvalue weighted by Gasteiger charge is 2.17. The smallest absolute Gasteiger partial charge is 0.162 e. The van der Waals surface area contributed by atoms with Crippen molar-refractivity contribution in [3.05, 3.63) is 59.7 Å². The number of aromatic nitrogens is 2. The molecular weight excluding hydrogens is 238 g/mol. The topological polar surface area (TPSA) is 61.0 Å². The Morgan fingerprint density at radius 2 is 2.00 bits per heavy atom. The average molecular weight is 257 g/mol. The number of nitrogens with two attached hydrogens (primary N) is 1. The molecule has 0 aliphatic carbocycles. The van der Waals surface area contributed by atoms with Gasteiger partial charge in [-0.15, -0.1) is 0 Å². The summed E-state index contributed by atoms with van der Waals surface area (Å²) in [4.78, 5) is 8.88. The third-order valence-corrected chi connectivity index (χ3v) is 2.80. The quantitative estimate of drug-likeness (QED) is 0.861. The molecule has 4 heteroatoms. The molecule has 0 aliphatic heterocycles. The van der Waals surface area contributed by atoms with Crippen LogP contribution in [0.25, 0.3) is 0 Å². The minimum Gasteiger partial charge on any atom is -0.366 e. The van der Waals surface area contributed by atoms with Crippen LogP contribution in [0.4, 0.5) is 0 Å². The molecule has 19 heavy (non-hydrogen) atoms. The van der Waals surface area contributed by atoms with Gasteiger partial charge < -0.3 is 10.5 Å². The molecule has 2 rings (SSSR count). The van der Waals surface area contributed by atoms with Crippen LogP contribution in [0.15, 0.2) is 42.6 Å².